The van der Waals surface area contributed by atoms with Gasteiger partial charge in [0, 0.05) is 17.2 Å². The Labute approximate surface area is 207 Å². The van der Waals surface area contributed by atoms with E-state index in [4.69, 9.17) is 4.74 Å². The number of aryl methyl sites for hydroxylation is 2. The second kappa shape index (κ2) is 10.4. The summed E-state index contributed by atoms with van der Waals surface area (Å²) in [6.07, 6.45) is 0. The number of nitro benzene ring substituents is 1. The van der Waals surface area contributed by atoms with Crippen molar-refractivity contribution in [2.24, 2.45) is 0 Å². The number of benzene rings is 3. The van der Waals surface area contributed by atoms with Gasteiger partial charge >= 0.3 is 0 Å². The molecule has 3 aromatic carbocycles. The second-order valence-electron chi connectivity index (χ2n) is 8.48. The van der Waals surface area contributed by atoms with E-state index in [0.29, 0.717) is 34.8 Å². The van der Waals surface area contributed by atoms with Crippen LogP contribution in [0.4, 0.5) is 15.8 Å². The fourth-order valence-electron chi connectivity index (χ4n) is 3.87. The number of ether oxygens (including phenoxy) is 1. The summed E-state index contributed by atoms with van der Waals surface area (Å²) in [6.45, 7) is 6.00. The lowest BCUT2D eigenvalue weighted by Crippen LogP contribution is -2.14. The fraction of sp³-hybridized carbons (Fsp3) is 0.185. The molecule has 0 saturated heterocycles. The Hall–Kier alpha value is -4.53. The molecular weight excluding hydrogens is 463 g/mol. The standard InChI is InChI=1S/C27H25FN4O4/c1-17-13-24(11-12-25(17)32(34)35)36-16-21-5-4-6-22(14-21)27(33)29-26-18(2)30-31(19(26)3)15-20-7-9-23(28)10-8-20/h4-14H,15-16H2,1-3H3,(H,29,33). The van der Waals surface area contributed by atoms with Crippen molar-refractivity contribution < 1.29 is 18.8 Å². The summed E-state index contributed by atoms with van der Waals surface area (Å²) >= 11 is 0. The van der Waals surface area contributed by atoms with Crippen LogP contribution < -0.4 is 10.1 Å². The van der Waals surface area contributed by atoms with Gasteiger partial charge in [0.05, 0.1) is 28.5 Å². The Balaban J connectivity index is 1.44. The molecule has 1 N–H and O–H groups in total. The van der Waals surface area contributed by atoms with E-state index < -0.39 is 4.92 Å². The number of amides is 1. The zero-order valence-electron chi connectivity index (χ0n) is 20.1. The van der Waals surface area contributed by atoms with Crippen LogP contribution in [0.5, 0.6) is 5.75 Å². The van der Waals surface area contributed by atoms with E-state index in [2.05, 4.69) is 10.4 Å². The average Bonchev–Trinajstić information content (AvgIpc) is 3.11. The second-order valence-corrected chi connectivity index (χ2v) is 8.48. The average molecular weight is 489 g/mol. The molecule has 0 spiro atoms. The number of carbonyl (C=O) groups excluding carboxylic acids is 1. The number of anilines is 1. The number of aromatic nitrogens is 2. The van der Waals surface area contributed by atoms with Gasteiger partial charge in [0.25, 0.3) is 11.6 Å². The molecule has 0 aliphatic heterocycles. The van der Waals surface area contributed by atoms with Crippen molar-refractivity contribution in [3.63, 3.8) is 0 Å². The maximum Gasteiger partial charge on any atom is 0.272 e. The smallest absolute Gasteiger partial charge is 0.272 e. The molecule has 0 bridgehead atoms. The van der Waals surface area contributed by atoms with Crippen molar-refractivity contribution in [1.82, 2.24) is 9.78 Å². The SMILES string of the molecule is Cc1cc(OCc2cccc(C(=O)Nc3c(C)nn(Cc4ccc(F)cc4)c3C)c2)ccc1[N+](=O)[O-]. The van der Waals surface area contributed by atoms with Crippen LogP contribution in [0.1, 0.15) is 38.4 Å². The van der Waals surface area contributed by atoms with Gasteiger partial charge in [0.15, 0.2) is 0 Å². The number of nitrogens with one attached hydrogen (secondary N) is 1. The minimum atomic E-state index is -0.433. The first-order valence-electron chi connectivity index (χ1n) is 11.3. The summed E-state index contributed by atoms with van der Waals surface area (Å²) in [7, 11) is 0. The Morgan fingerprint density at radius 3 is 2.50 bits per heavy atom. The molecule has 0 atom stereocenters. The number of halogens is 1. The Bertz CT molecular complexity index is 1430. The summed E-state index contributed by atoms with van der Waals surface area (Å²) < 4.78 is 20.7. The summed E-state index contributed by atoms with van der Waals surface area (Å²) in [5.41, 5.74) is 4.78. The van der Waals surface area contributed by atoms with Crippen LogP contribution in [0.2, 0.25) is 0 Å². The third-order valence-electron chi connectivity index (χ3n) is 5.83. The number of nitrogens with zero attached hydrogens (tertiary/aromatic N) is 3. The highest BCUT2D eigenvalue weighted by molar-refractivity contribution is 6.05. The maximum atomic E-state index is 13.2. The number of carbonyl (C=O) groups is 1. The van der Waals surface area contributed by atoms with Gasteiger partial charge in [-0.15, -0.1) is 0 Å². The lowest BCUT2D eigenvalue weighted by atomic mass is 10.1. The van der Waals surface area contributed by atoms with Crippen molar-refractivity contribution >= 4 is 17.3 Å². The number of nitro groups is 1. The number of hydrogen-bond donors (Lipinski definition) is 1. The van der Waals surface area contributed by atoms with E-state index >= 15 is 0 Å². The van der Waals surface area contributed by atoms with E-state index in [1.54, 1.807) is 54.1 Å². The molecule has 36 heavy (non-hydrogen) atoms. The molecule has 0 aliphatic rings. The van der Waals surface area contributed by atoms with Crippen molar-refractivity contribution in [2.75, 3.05) is 5.32 Å². The van der Waals surface area contributed by atoms with Crippen molar-refractivity contribution in [2.45, 2.75) is 33.9 Å². The monoisotopic (exact) mass is 488 g/mol. The first kappa shape index (κ1) is 24.6. The highest BCUT2D eigenvalue weighted by Gasteiger charge is 2.16. The Kier molecular flexibility index (Phi) is 7.10. The molecule has 8 nitrogen and oxygen atoms in total. The first-order chi connectivity index (χ1) is 17.2. The number of rotatable bonds is 8. The van der Waals surface area contributed by atoms with Gasteiger partial charge in [-0.05, 0) is 68.3 Å². The van der Waals surface area contributed by atoms with Crippen LogP contribution in [0.25, 0.3) is 0 Å². The lowest BCUT2D eigenvalue weighted by molar-refractivity contribution is -0.385. The highest BCUT2D eigenvalue weighted by Crippen LogP contribution is 2.24. The summed E-state index contributed by atoms with van der Waals surface area (Å²) in [5, 5.41) is 18.5. The predicted molar refractivity (Wildman–Crippen MR) is 134 cm³/mol. The largest absolute Gasteiger partial charge is 0.489 e. The minimum absolute atomic E-state index is 0.0348. The number of hydrogen-bond acceptors (Lipinski definition) is 5. The summed E-state index contributed by atoms with van der Waals surface area (Å²) in [4.78, 5) is 23.6. The molecule has 0 fully saturated rings. The van der Waals surface area contributed by atoms with Crippen LogP contribution in [0.3, 0.4) is 0 Å². The Morgan fingerprint density at radius 2 is 1.81 bits per heavy atom. The third kappa shape index (κ3) is 5.57. The van der Waals surface area contributed by atoms with Gasteiger partial charge in [-0.2, -0.15) is 5.10 Å². The molecule has 0 aliphatic carbocycles. The predicted octanol–water partition coefficient (Wildman–Crippen LogP) is 5.74. The molecule has 4 aromatic rings. The van der Waals surface area contributed by atoms with Gasteiger partial charge in [-0.3, -0.25) is 19.6 Å². The van der Waals surface area contributed by atoms with Crippen molar-refractivity contribution in [1.29, 1.82) is 0 Å². The van der Waals surface area contributed by atoms with Crippen LogP contribution >= 0.6 is 0 Å². The van der Waals surface area contributed by atoms with Gasteiger partial charge in [-0.25, -0.2) is 4.39 Å². The molecule has 4 rings (SSSR count). The molecule has 184 valence electrons. The quantitative estimate of drug-likeness (QED) is 0.252. The van der Waals surface area contributed by atoms with E-state index in [-0.39, 0.29) is 24.0 Å². The van der Waals surface area contributed by atoms with E-state index in [0.717, 1.165) is 16.8 Å². The molecule has 1 heterocycles. The van der Waals surface area contributed by atoms with Gasteiger partial charge < -0.3 is 10.1 Å². The molecule has 0 saturated carbocycles. The molecule has 1 amide bonds. The molecular formula is C27H25FN4O4. The summed E-state index contributed by atoms with van der Waals surface area (Å²) in [6, 6.07) is 17.9. The third-order valence-corrected chi connectivity index (χ3v) is 5.83. The highest BCUT2D eigenvalue weighted by atomic mass is 19.1. The molecule has 1 aromatic heterocycles. The van der Waals surface area contributed by atoms with Crippen LogP contribution in [-0.2, 0) is 13.2 Å². The molecule has 0 radical (unpaired) electrons. The first-order valence-corrected chi connectivity index (χ1v) is 11.3. The normalized spacial score (nSPS) is 10.8. The van der Waals surface area contributed by atoms with Crippen molar-refractivity contribution in [3.8, 4) is 5.75 Å². The summed E-state index contributed by atoms with van der Waals surface area (Å²) in [5.74, 6) is -0.0705. The van der Waals surface area contributed by atoms with Crippen LogP contribution in [-0.4, -0.2) is 20.6 Å². The van der Waals surface area contributed by atoms with Gasteiger partial charge in [0.1, 0.15) is 18.2 Å². The fourth-order valence-corrected chi connectivity index (χ4v) is 3.87. The topological polar surface area (TPSA) is 99.3 Å². The zero-order chi connectivity index (χ0) is 25.8. The van der Waals surface area contributed by atoms with E-state index in [1.807, 2.05) is 19.9 Å². The van der Waals surface area contributed by atoms with Crippen LogP contribution in [0.15, 0.2) is 66.7 Å². The molecule has 9 heteroatoms. The van der Waals surface area contributed by atoms with Crippen molar-refractivity contribution in [3.05, 3.63) is 116 Å². The zero-order valence-corrected chi connectivity index (χ0v) is 20.1. The van der Waals surface area contributed by atoms with Gasteiger partial charge in [-0.1, -0.05) is 24.3 Å². The van der Waals surface area contributed by atoms with Crippen LogP contribution in [0, 0.1) is 36.7 Å². The molecule has 0 unspecified atom stereocenters. The maximum absolute atomic E-state index is 13.2. The van der Waals surface area contributed by atoms with E-state index in [9.17, 15) is 19.3 Å². The van der Waals surface area contributed by atoms with Gasteiger partial charge in [0.2, 0.25) is 0 Å². The van der Waals surface area contributed by atoms with E-state index in [1.165, 1.54) is 18.2 Å². The Morgan fingerprint density at radius 1 is 1.06 bits per heavy atom. The minimum Gasteiger partial charge on any atom is -0.489 e. The lowest BCUT2D eigenvalue weighted by Gasteiger charge is -2.10.